The predicted octanol–water partition coefficient (Wildman–Crippen LogP) is -1.20. The van der Waals surface area contributed by atoms with Crippen molar-refractivity contribution in [2.45, 2.75) is 12.5 Å². The molecule has 1 unspecified atom stereocenters. The quantitative estimate of drug-likeness (QED) is 0.589. The lowest BCUT2D eigenvalue weighted by Gasteiger charge is -2.26. The van der Waals surface area contributed by atoms with E-state index < -0.39 is 6.04 Å². The van der Waals surface area contributed by atoms with Crippen molar-refractivity contribution in [3.8, 4) is 0 Å². The van der Waals surface area contributed by atoms with Crippen LogP contribution in [0.1, 0.15) is 6.42 Å². The summed E-state index contributed by atoms with van der Waals surface area (Å²) in [5.74, 6) is -0.102. The Bertz CT molecular complexity index is 220. The molecule has 6 heteroatoms. The number of hydrogen-bond acceptors (Lipinski definition) is 5. The molecule has 0 radical (unpaired) electrons. The van der Waals surface area contributed by atoms with E-state index in [2.05, 4.69) is 10.2 Å². The van der Waals surface area contributed by atoms with Crippen LogP contribution in [0.25, 0.3) is 0 Å². The van der Waals surface area contributed by atoms with Crippen molar-refractivity contribution in [1.82, 2.24) is 10.2 Å². The van der Waals surface area contributed by atoms with E-state index in [-0.39, 0.29) is 5.91 Å². The minimum atomic E-state index is -0.473. The number of ether oxygens (including phenoxy) is 2. The van der Waals surface area contributed by atoms with E-state index in [0.717, 1.165) is 32.8 Å². The monoisotopic (exact) mass is 245 g/mol. The second-order valence-corrected chi connectivity index (χ2v) is 4.13. The molecule has 0 aliphatic carbocycles. The van der Waals surface area contributed by atoms with Gasteiger partial charge >= 0.3 is 0 Å². The van der Waals surface area contributed by atoms with Gasteiger partial charge in [-0.2, -0.15) is 0 Å². The van der Waals surface area contributed by atoms with Crippen molar-refractivity contribution in [1.29, 1.82) is 0 Å². The van der Waals surface area contributed by atoms with Gasteiger partial charge in [-0.25, -0.2) is 0 Å². The van der Waals surface area contributed by atoms with Crippen molar-refractivity contribution < 1.29 is 14.3 Å². The van der Waals surface area contributed by atoms with Gasteiger partial charge in [0.05, 0.1) is 19.3 Å². The second kappa shape index (κ2) is 8.41. The Labute approximate surface area is 102 Å². The highest BCUT2D eigenvalue weighted by atomic mass is 16.5. The fraction of sp³-hybridized carbons (Fsp3) is 0.909. The Kier molecular flexibility index (Phi) is 7.11. The molecule has 1 heterocycles. The van der Waals surface area contributed by atoms with Gasteiger partial charge in [-0.3, -0.25) is 9.69 Å². The number of carbonyl (C=O) groups is 1. The molecule has 3 N–H and O–H groups in total. The molecule has 0 bridgehead atoms. The first-order valence-electron chi connectivity index (χ1n) is 6.06. The van der Waals surface area contributed by atoms with Gasteiger partial charge < -0.3 is 20.5 Å². The maximum atomic E-state index is 11.6. The SMILES string of the molecule is COCCC(N)C(=O)NCCN1CCOCC1. The minimum absolute atomic E-state index is 0.102. The van der Waals surface area contributed by atoms with Crippen LogP contribution in [0.4, 0.5) is 0 Å². The van der Waals surface area contributed by atoms with E-state index in [4.69, 9.17) is 15.2 Å². The molecule has 0 aromatic heterocycles. The van der Waals surface area contributed by atoms with Crippen LogP contribution in [-0.2, 0) is 14.3 Å². The molecule has 1 amide bonds. The van der Waals surface area contributed by atoms with E-state index >= 15 is 0 Å². The Hall–Kier alpha value is -0.690. The average molecular weight is 245 g/mol. The topological polar surface area (TPSA) is 76.8 Å². The molecule has 6 nitrogen and oxygen atoms in total. The third kappa shape index (κ3) is 5.97. The standard InChI is InChI=1S/C11H23N3O3/c1-16-7-2-10(12)11(15)13-3-4-14-5-8-17-9-6-14/h10H,2-9,12H2,1H3,(H,13,15). The van der Waals surface area contributed by atoms with Gasteiger partial charge in [-0.05, 0) is 6.42 Å². The molecular weight excluding hydrogens is 222 g/mol. The average Bonchev–Trinajstić information content (AvgIpc) is 2.37. The normalized spacial score (nSPS) is 18.9. The van der Waals surface area contributed by atoms with Crippen LogP contribution >= 0.6 is 0 Å². The van der Waals surface area contributed by atoms with Crippen molar-refractivity contribution >= 4 is 5.91 Å². The molecule has 0 saturated carbocycles. The Morgan fingerprint density at radius 2 is 2.24 bits per heavy atom. The Morgan fingerprint density at radius 1 is 1.53 bits per heavy atom. The van der Waals surface area contributed by atoms with E-state index in [9.17, 15) is 4.79 Å². The summed E-state index contributed by atoms with van der Waals surface area (Å²) in [4.78, 5) is 13.8. The van der Waals surface area contributed by atoms with Crippen LogP contribution in [0.3, 0.4) is 0 Å². The largest absolute Gasteiger partial charge is 0.385 e. The highest BCUT2D eigenvalue weighted by Gasteiger charge is 2.14. The number of nitrogens with two attached hydrogens (primary N) is 1. The van der Waals surface area contributed by atoms with Crippen LogP contribution in [0.2, 0.25) is 0 Å². The summed E-state index contributed by atoms with van der Waals surface area (Å²) in [5.41, 5.74) is 5.70. The summed E-state index contributed by atoms with van der Waals surface area (Å²) >= 11 is 0. The lowest BCUT2D eigenvalue weighted by molar-refractivity contribution is -0.122. The van der Waals surface area contributed by atoms with E-state index in [1.54, 1.807) is 7.11 Å². The van der Waals surface area contributed by atoms with Crippen LogP contribution in [0.15, 0.2) is 0 Å². The number of carbonyl (C=O) groups excluding carboxylic acids is 1. The smallest absolute Gasteiger partial charge is 0.237 e. The van der Waals surface area contributed by atoms with Gasteiger partial charge in [0.1, 0.15) is 0 Å². The molecular formula is C11H23N3O3. The number of nitrogens with zero attached hydrogens (tertiary/aromatic N) is 1. The lowest BCUT2D eigenvalue weighted by Crippen LogP contribution is -2.45. The molecule has 0 aromatic rings. The predicted molar refractivity (Wildman–Crippen MR) is 64.7 cm³/mol. The molecule has 1 aliphatic rings. The van der Waals surface area contributed by atoms with Gasteiger partial charge in [0.2, 0.25) is 5.91 Å². The van der Waals surface area contributed by atoms with E-state index in [0.29, 0.717) is 19.6 Å². The number of rotatable bonds is 7. The van der Waals surface area contributed by atoms with Crippen molar-refractivity contribution in [2.24, 2.45) is 5.73 Å². The molecule has 17 heavy (non-hydrogen) atoms. The molecule has 1 fully saturated rings. The first-order chi connectivity index (χ1) is 8.24. The summed E-state index contributed by atoms with van der Waals surface area (Å²) in [6, 6.07) is -0.473. The molecule has 1 atom stereocenters. The summed E-state index contributed by atoms with van der Waals surface area (Å²) in [7, 11) is 1.60. The minimum Gasteiger partial charge on any atom is -0.385 e. The van der Waals surface area contributed by atoms with Gasteiger partial charge in [-0.15, -0.1) is 0 Å². The number of hydrogen-bond donors (Lipinski definition) is 2. The maximum absolute atomic E-state index is 11.6. The highest BCUT2D eigenvalue weighted by Crippen LogP contribution is 1.95. The van der Waals surface area contributed by atoms with Crippen molar-refractivity contribution in [3.63, 3.8) is 0 Å². The van der Waals surface area contributed by atoms with Crippen molar-refractivity contribution in [3.05, 3.63) is 0 Å². The summed E-state index contributed by atoms with van der Waals surface area (Å²) < 4.78 is 10.1. The third-order valence-corrected chi connectivity index (χ3v) is 2.80. The molecule has 1 aliphatic heterocycles. The lowest BCUT2D eigenvalue weighted by atomic mass is 10.2. The van der Waals surface area contributed by atoms with Gasteiger partial charge in [0.15, 0.2) is 0 Å². The molecule has 1 saturated heterocycles. The van der Waals surface area contributed by atoms with Gasteiger partial charge in [-0.1, -0.05) is 0 Å². The molecule has 100 valence electrons. The zero-order valence-electron chi connectivity index (χ0n) is 10.5. The second-order valence-electron chi connectivity index (χ2n) is 4.13. The molecule has 0 aromatic carbocycles. The first-order valence-corrected chi connectivity index (χ1v) is 6.06. The Balaban J connectivity index is 2.06. The van der Waals surface area contributed by atoms with Crippen LogP contribution in [0.5, 0.6) is 0 Å². The van der Waals surface area contributed by atoms with E-state index in [1.807, 2.05) is 0 Å². The van der Waals surface area contributed by atoms with Crippen LogP contribution in [0, 0.1) is 0 Å². The van der Waals surface area contributed by atoms with Gasteiger partial charge in [0, 0.05) is 39.9 Å². The zero-order valence-corrected chi connectivity index (χ0v) is 10.5. The Morgan fingerprint density at radius 3 is 2.88 bits per heavy atom. The van der Waals surface area contributed by atoms with Crippen molar-refractivity contribution in [2.75, 3.05) is 53.1 Å². The number of nitrogens with one attached hydrogen (secondary N) is 1. The van der Waals surface area contributed by atoms with Crippen LogP contribution < -0.4 is 11.1 Å². The van der Waals surface area contributed by atoms with E-state index in [1.165, 1.54) is 0 Å². The maximum Gasteiger partial charge on any atom is 0.237 e. The van der Waals surface area contributed by atoms with Crippen LogP contribution in [-0.4, -0.2) is 70.0 Å². The number of methoxy groups -OCH3 is 1. The summed E-state index contributed by atoms with van der Waals surface area (Å²) in [6.45, 7) is 5.43. The number of amides is 1. The summed E-state index contributed by atoms with van der Waals surface area (Å²) in [5, 5.41) is 2.84. The fourth-order valence-electron chi connectivity index (χ4n) is 1.67. The molecule has 1 rings (SSSR count). The first kappa shape index (κ1) is 14.4. The zero-order chi connectivity index (χ0) is 12.5. The fourth-order valence-corrected chi connectivity index (χ4v) is 1.67. The van der Waals surface area contributed by atoms with Gasteiger partial charge in [0.25, 0.3) is 0 Å². The number of morpholine rings is 1. The highest BCUT2D eigenvalue weighted by molar-refractivity contribution is 5.81. The third-order valence-electron chi connectivity index (χ3n) is 2.80. The molecule has 0 spiro atoms. The summed E-state index contributed by atoms with van der Waals surface area (Å²) in [6.07, 6.45) is 0.555.